The van der Waals surface area contributed by atoms with Crippen molar-refractivity contribution in [3.63, 3.8) is 0 Å². The second-order valence-electron chi connectivity index (χ2n) is 6.49. The van der Waals surface area contributed by atoms with Crippen LogP contribution in [0.4, 0.5) is 0 Å². The molecule has 24 heavy (non-hydrogen) atoms. The van der Waals surface area contributed by atoms with E-state index in [0.717, 1.165) is 10.4 Å². The van der Waals surface area contributed by atoms with Gasteiger partial charge in [0.1, 0.15) is 12.0 Å². The van der Waals surface area contributed by atoms with Gasteiger partial charge in [-0.3, -0.25) is 14.5 Å². The van der Waals surface area contributed by atoms with Crippen molar-refractivity contribution in [1.29, 1.82) is 0 Å². The Bertz CT molecular complexity index is 720. The first-order chi connectivity index (χ1) is 11.4. The summed E-state index contributed by atoms with van der Waals surface area (Å²) in [6, 6.07) is 1.98. The number of carboxylic acid groups (broad SMARTS) is 1. The SMILES string of the molecule is CC(=O)N1CC2CN(Cc3cc(C#CCO)cs3)CC2(C(=O)O)C1. The minimum absolute atomic E-state index is 0.0208. The van der Waals surface area contributed by atoms with Gasteiger partial charge >= 0.3 is 5.97 Å². The van der Waals surface area contributed by atoms with Gasteiger partial charge in [-0.25, -0.2) is 0 Å². The molecule has 0 radical (unpaired) electrons. The Morgan fingerprint density at radius 1 is 1.42 bits per heavy atom. The van der Waals surface area contributed by atoms with E-state index in [4.69, 9.17) is 5.11 Å². The Kier molecular flexibility index (Phi) is 4.63. The number of aliphatic hydroxyl groups excluding tert-OH is 1. The molecule has 2 atom stereocenters. The molecule has 7 heteroatoms. The number of hydrogen-bond donors (Lipinski definition) is 2. The van der Waals surface area contributed by atoms with Gasteiger partial charge in [0.2, 0.25) is 5.91 Å². The summed E-state index contributed by atoms with van der Waals surface area (Å²) in [6.07, 6.45) is 0. The molecule has 1 aromatic heterocycles. The third kappa shape index (κ3) is 3.05. The van der Waals surface area contributed by atoms with E-state index in [-0.39, 0.29) is 18.4 Å². The smallest absolute Gasteiger partial charge is 0.313 e. The molecular weight excluding hydrogens is 328 g/mol. The summed E-state index contributed by atoms with van der Waals surface area (Å²) < 4.78 is 0. The van der Waals surface area contributed by atoms with Gasteiger partial charge in [-0.2, -0.15) is 0 Å². The van der Waals surface area contributed by atoms with Crippen LogP contribution < -0.4 is 0 Å². The Morgan fingerprint density at radius 3 is 2.83 bits per heavy atom. The molecule has 1 amide bonds. The second kappa shape index (κ2) is 6.55. The first-order valence-corrected chi connectivity index (χ1v) is 8.71. The number of amides is 1. The van der Waals surface area contributed by atoms with E-state index in [9.17, 15) is 14.7 Å². The molecule has 0 aliphatic carbocycles. The highest BCUT2D eigenvalue weighted by atomic mass is 32.1. The maximum atomic E-state index is 11.9. The number of carbonyl (C=O) groups is 2. The lowest BCUT2D eigenvalue weighted by molar-refractivity contribution is -0.149. The summed E-state index contributed by atoms with van der Waals surface area (Å²) in [5, 5.41) is 20.4. The van der Waals surface area contributed by atoms with Gasteiger partial charge in [-0.05, 0) is 6.07 Å². The quantitative estimate of drug-likeness (QED) is 0.776. The van der Waals surface area contributed by atoms with Crippen molar-refractivity contribution < 1.29 is 19.8 Å². The van der Waals surface area contributed by atoms with Crippen LogP contribution in [0.1, 0.15) is 17.4 Å². The Hall–Kier alpha value is -1.88. The normalized spacial score (nSPS) is 26.1. The van der Waals surface area contributed by atoms with Crippen molar-refractivity contribution in [1.82, 2.24) is 9.80 Å². The number of carboxylic acids is 1. The molecule has 2 unspecified atom stereocenters. The summed E-state index contributed by atoms with van der Waals surface area (Å²) in [4.78, 5) is 28.4. The maximum absolute atomic E-state index is 11.9. The Balaban J connectivity index is 1.70. The van der Waals surface area contributed by atoms with Crippen molar-refractivity contribution >= 4 is 23.2 Å². The summed E-state index contributed by atoms with van der Waals surface area (Å²) in [5.74, 6) is 4.62. The largest absolute Gasteiger partial charge is 0.481 e. The minimum Gasteiger partial charge on any atom is -0.481 e. The van der Waals surface area contributed by atoms with E-state index in [2.05, 4.69) is 16.7 Å². The lowest BCUT2D eigenvalue weighted by atomic mass is 9.81. The summed E-state index contributed by atoms with van der Waals surface area (Å²) >= 11 is 1.59. The lowest BCUT2D eigenvalue weighted by Crippen LogP contribution is -2.41. The van der Waals surface area contributed by atoms with Crippen molar-refractivity contribution in [2.75, 3.05) is 32.8 Å². The van der Waals surface area contributed by atoms with Gasteiger partial charge in [0.25, 0.3) is 0 Å². The van der Waals surface area contributed by atoms with Crippen molar-refractivity contribution in [2.24, 2.45) is 11.3 Å². The van der Waals surface area contributed by atoms with Crippen molar-refractivity contribution in [3.8, 4) is 11.8 Å². The van der Waals surface area contributed by atoms with Gasteiger partial charge in [-0.1, -0.05) is 11.8 Å². The predicted octanol–water partition coefficient (Wildman–Crippen LogP) is 0.457. The zero-order chi connectivity index (χ0) is 17.3. The number of thiophene rings is 1. The van der Waals surface area contributed by atoms with Crippen LogP contribution in [0, 0.1) is 23.2 Å². The molecule has 0 spiro atoms. The molecule has 0 bridgehead atoms. The van der Waals surface area contributed by atoms with Crippen LogP contribution in [0.3, 0.4) is 0 Å². The fourth-order valence-corrected chi connectivity index (χ4v) is 4.58. The molecule has 3 heterocycles. The first-order valence-electron chi connectivity index (χ1n) is 7.83. The van der Waals surface area contributed by atoms with Crippen LogP contribution in [0.5, 0.6) is 0 Å². The number of aliphatic hydroxyl groups is 1. The van der Waals surface area contributed by atoms with Crippen LogP contribution in [-0.2, 0) is 16.1 Å². The molecule has 2 fully saturated rings. The molecule has 128 valence electrons. The third-order valence-corrected chi connectivity index (χ3v) is 5.82. The second-order valence-corrected chi connectivity index (χ2v) is 7.48. The topological polar surface area (TPSA) is 81.1 Å². The molecule has 2 N–H and O–H groups in total. The zero-order valence-electron chi connectivity index (χ0n) is 13.5. The van der Waals surface area contributed by atoms with Gasteiger partial charge in [-0.15, -0.1) is 11.3 Å². The number of nitrogens with zero attached hydrogens (tertiary/aromatic N) is 2. The first kappa shape index (κ1) is 17.0. The van der Waals surface area contributed by atoms with Crippen molar-refractivity contribution in [2.45, 2.75) is 13.5 Å². The lowest BCUT2D eigenvalue weighted by Gasteiger charge is -2.24. The number of hydrogen-bond acceptors (Lipinski definition) is 5. The minimum atomic E-state index is -0.845. The van der Waals surface area contributed by atoms with Crippen LogP contribution >= 0.6 is 11.3 Å². The summed E-state index contributed by atoms with van der Waals surface area (Å²) in [7, 11) is 0. The van der Waals surface area contributed by atoms with Gasteiger partial charge in [0.15, 0.2) is 0 Å². The Morgan fingerprint density at radius 2 is 2.21 bits per heavy atom. The molecule has 1 aromatic rings. The number of fused-ring (bicyclic) bond motifs is 1. The highest BCUT2D eigenvalue weighted by Gasteiger charge is 2.58. The van der Waals surface area contributed by atoms with E-state index in [0.29, 0.717) is 32.7 Å². The molecular formula is C17H20N2O4S. The fourth-order valence-electron chi connectivity index (χ4n) is 3.72. The summed E-state index contributed by atoms with van der Waals surface area (Å²) in [6.45, 7) is 4.00. The standard InChI is InChI=1S/C17H20N2O4S/c1-12(21)19-7-14-6-18(10-17(14,11-19)16(22)23)8-15-5-13(9-24-15)3-2-4-20/h5,9,14,20H,4,6-8,10-11H2,1H3,(H,22,23). The van der Waals surface area contributed by atoms with Crippen LogP contribution in [0.25, 0.3) is 0 Å². The highest BCUT2D eigenvalue weighted by molar-refractivity contribution is 7.10. The van der Waals surface area contributed by atoms with Gasteiger partial charge in [0, 0.05) is 61.4 Å². The number of rotatable bonds is 3. The van der Waals surface area contributed by atoms with E-state index in [1.54, 1.807) is 16.2 Å². The molecule has 2 aliphatic heterocycles. The van der Waals surface area contributed by atoms with Gasteiger partial charge in [0.05, 0.1) is 0 Å². The maximum Gasteiger partial charge on any atom is 0.313 e. The Labute approximate surface area is 144 Å². The predicted molar refractivity (Wildman–Crippen MR) is 89.4 cm³/mol. The molecule has 6 nitrogen and oxygen atoms in total. The number of aliphatic carboxylic acids is 1. The average Bonchev–Trinajstić information content (AvgIpc) is 3.18. The molecule has 0 aromatic carbocycles. The van der Waals surface area contributed by atoms with E-state index in [1.165, 1.54) is 6.92 Å². The number of likely N-dealkylation sites (tertiary alicyclic amines) is 2. The van der Waals surface area contributed by atoms with Crippen molar-refractivity contribution in [3.05, 3.63) is 21.9 Å². The van der Waals surface area contributed by atoms with Crippen LogP contribution in [0.2, 0.25) is 0 Å². The summed E-state index contributed by atoms with van der Waals surface area (Å²) in [5.41, 5.74) is 0.0294. The zero-order valence-corrected chi connectivity index (χ0v) is 14.3. The van der Waals surface area contributed by atoms with E-state index < -0.39 is 11.4 Å². The molecule has 0 saturated carbocycles. The third-order valence-electron chi connectivity index (χ3n) is 4.90. The molecule has 3 rings (SSSR count). The fraction of sp³-hybridized carbons (Fsp3) is 0.529. The monoisotopic (exact) mass is 348 g/mol. The average molecular weight is 348 g/mol. The molecule has 2 aliphatic rings. The van der Waals surface area contributed by atoms with E-state index >= 15 is 0 Å². The number of carbonyl (C=O) groups excluding carboxylic acids is 1. The van der Waals surface area contributed by atoms with Gasteiger partial charge < -0.3 is 15.1 Å². The van der Waals surface area contributed by atoms with Crippen LogP contribution in [-0.4, -0.2) is 64.7 Å². The highest BCUT2D eigenvalue weighted by Crippen LogP contribution is 2.43. The van der Waals surface area contributed by atoms with Crippen LogP contribution in [0.15, 0.2) is 11.4 Å². The molecule has 2 saturated heterocycles. The van der Waals surface area contributed by atoms with E-state index in [1.807, 2.05) is 11.4 Å².